The van der Waals surface area contributed by atoms with Crippen molar-refractivity contribution in [1.82, 2.24) is 0 Å². The van der Waals surface area contributed by atoms with E-state index < -0.39 is 0 Å². The number of allylic oxidation sites excluding steroid dienone is 1. The van der Waals surface area contributed by atoms with E-state index in [1.165, 1.54) is 44.0 Å². The molecule has 0 bridgehead atoms. The molecular weight excluding hydrogens is 284 g/mol. The molecule has 5 atom stereocenters. The van der Waals surface area contributed by atoms with E-state index in [2.05, 4.69) is 20.8 Å². The van der Waals surface area contributed by atoms with Gasteiger partial charge in [-0.25, -0.2) is 0 Å². The fourth-order valence-corrected chi connectivity index (χ4v) is 6.99. The fraction of sp³-hybridized carbons (Fsp3) is 0.810. The SMILES string of the molecule is CC1(C)CC[C@H]2[C@@H]3CCC4=CC(=O)CC[C@]4(C=O)[C@@H]3CC[C@@]21C. The van der Waals surface area contributed by atoms with Gasteiger partial charge < -0.3 is 4.79 Å². The van der Waals surface area contributed by atoms with Crippen LogP contribution in [0, 0.1) is 34.0 Å². The lowest BCUT2D eigenvalue weighted by Gasteiger charge is -2.58. The van der Waals surface area contributed by atoms with Crippen LogP contribution < -0.4 is 0 Å². The van der Waals surface area contributed by atoms with E-state index in [1.807, 2.05) is 6.08 Å². The van der Waals surface area contributed by atoms with Gasteiger partial charge in [0.1, 0.15) is 6.29 Å². The highest BCUT2D eigenvalue weighted by atomic mass is 16.1. The van der Waals surface area contributed by atoms with E-state index >= 15 is 0 Å². The highest BCUT2D eigenvalue weighted by molar-refractivity contribution is 5.93. The molecule has 0 aromatic rings. The molecule has 23 heavy (non-hydrogen) atoms. The van der Waals surface area contributed by atoms with Gasteiger partial charge in [-0.2, -0.15) is 0 Å². The molecule has 0 aliphatic heterocycles. The van der Waals surface area contributed by atoms with Crippen molar-refractivity contribution in [2.45, 2.75) is 72.1 Å². The molecule has 0 N–H and O–H groups in total. The first-order chi connectivity index (χ1) is 10.8. The maximum atomic E-state index is 12.2. The van der Waals surface area contributed by atoms with Crippen LogP contribution >= 0.6 is 0 Å². The molecule has 2 nitrogen and oxygen atoms in total. The Morgan fingerprint density at radius 1 is 1.00 bits per heavy atom. The van der Waals surface area contributed by atoms with Gasteiger partial charge in [-0.1, -0.05) is 26.3 Å². The first kappa shape index (κ1) is 15.6. The second kappa shape index (κ2) is 4.80. The Bertz CT molecular complexity index is 587. The van der Waals surface area contributed by atoms with Gasteiger partial charge in [-0.3, -0.25) is 4.79 Å². The molecule has 0 heterocycles. The van der Waals surface area contributed by atoms with E-state index in [0.717, 1.165) is 18.8 Å². The van der Waals surface area contributed by atoms with Crippen LogP contribution in [0.25, 0.3) is 0 Å². The Hall–Kier alpha value is -0.920. The quantitative estimate of drug-likeness (QED) is 0.656. The lowest BCUT2D eigenvalue weighted by atomic mass is 9.45. The maximum absolute atomic E-state index is 12.2. The summed E-state index contributed by atoms with van der Waals surface area (Å²) in [6.45, 7) is 7.43. The smallest absolute Gasteiger partial charge is 0.155 e. The molecule has 0 spiro atoms. The summed E-state index contributed by atoms with van der Waals surface area (Å²) in [4.78, 5) is 24.1. The summed E-state index contributed by atoms with van der Waals surface area (Å²) in [6, 6.07) is 0. The monoisotopic (exact) mass is 314 g/mol. The van der Waals surface area contributed by atoms with Crippen molar-refractivity contribution < 1.29 is 9.59 Å². The van der Waals surface area contributed by atoms with Crippen LogP contribution in [0.1, 0.15) is 72.1 Å². The van der Waals surface area contributed by atoms with Gasteiger partial charge in [0.15, 0.2) is 5.78 Å². The molecule has 0 saturated heterocycles. The minimum atomic E-state index is -0.301. The van der Waals surface area contributed by atoms with Crippen LogP contribution in [0.4, 0.5) is 0 Å². The minimum Gasteiger partial charge on any atom is -0.302 e. The number of hydrogen-bond acceptors (Lipinski definition) is 2. The third kappa shape index (κ3) is 1.87. The average molecular weight is 314 g/mol. The fourth-order valence-electron chi connectivity index (χ4n) is 6.99. The molecule has 0 radical (unpaired) electrons. The summed E-state index contributed by atoms with van der Waals surface area (Å²) < 4.78 is 0. The molecule has 2 heteroatoms. The molecule has 4 aliphatic rings. The first-order valence-electron chi connectivity index (χ1n) is 9.54. The van der Waals surface area contributed by atoms with Crippen LogP contribution in [0.2, 0.25) is 0 Å². The third-order valence-electron chi connectivity index (χ3n) is 8.79. The molecule has 4 aliphatic carbocycles. The average Bonchev–Trinajstić information content (AvgIpc) is 2.77. The van der Waals surface area contributed by atoms with Crippen LogP contribution in [0.15, 0.2) is 11.6 Å². The number of hydrogen-bond donors (Lipinski definition) is 0. The summed E-state index contributed by atoms with van der Waals surface area (Å²) in [6.07, 6.45) is 11.7. The van der Waals surface area contributed by atoms with Gasteiger partial charge in [0, 0.05) is 6.42 Å². The van der Waals surface area contributed by atoms with Crippen molar-refractivity contribution >= 4 is 12.1 Å². The number of ketones is 1. The molecule has 3 fully saturated rings. The van der Waals surface area contributed by atoms with Crippen molar-refractivity contribution in [3.63, 3.8) is 0 Å². The number of rotatable bonds is 1. The lowest BCUT2D eigenvalue weighted by molar-refractivity contribution is -0.130. The van der Waals surface area contributed by atoms with Crippen molar-refractivity contribution in [3.8, 4) is 0 Å². The molecule has 4 rings (SSSR count). The highest BCUT2D eigenvalue weighted by Crippen LogP contribution is 2.69. The second-order valence-electron chi connectivity index (χ2n) is 9.59. The van der Waals surface area contributed by atoms with E-state index in [4.69, 9.17) is 0 Å². The molecular formula is C21H30O2. The minimum absolute atomic E-state index is 0.235. The lowest BCUT2D eigenvalue weighted by Crippen LogP contribution is -2.53. The Morgan fingerprint density at radius 3 is 2.48 bits per heavy atom. The van der Waals surface area contributed by atoms with Crippen LogP contribution in [-0.4, -0.2) is 12.1 Å². The molecule has 126 valence electrons. The predicted octanol–water partition coefficient (Wildman–Crippen LogP) is 4.72. The van der Waals surface area contributed by atoms with Crippen LogP contribution in [0.3, 0.4) is 0 Å². The summed E-state index contributed by atoms with van der Waals surface area (Å²) in [7, 11) is 0. The number of aldehydes is 1. The van der Waals surface area contributed by atoms with Gasteiger partial charge in [0.2, 0.25) is 0 Å². The van der Waals surface area contributed by atoms with Gasteiger partial charge in [-0.15, -0.1) is 0 Å². The summed E-state index contributed by atoms with van der Waals surface area (Å²) in [5.74, 6) is 2.18. The number of carbonyl (C=O) groups excluding carboxylic acids is 2. The van der Waals surface area contributed by atoms with Crippen LogP contribution in [-0.2, 0) is 9.59 Å². The molecule has 0 aromatic carbocycles. The summed E-state index contributed by atoms with van der Waals surface area (Å²) in [5, 5.41) is 0. The van der Waals surface area contributed by atoms with Crippen molar-refractivity contribution in [1.29, 1.82) is 0 Å². The zero-order chi connectivity index (χ0) is 16.5. The molecule has 0 aromatic heterocycles. The standard InChI is InChI=1S/C21H30O2/c1-19(2)9-7-17-16-5-4-14-12-15(23)6-11-21(14,13-22)18(16)8-10-20(17,19)3/h12-13,16-18H,4-11H2,1-3H3/t16-,17-,18+,20-,21+/m0/s1. The highest BCUT2D eigenvalue weighted by Gasteiger charge is 2.62. The zero-order valence-electron chi connectivity index (χ0n) is 14.9. The Morgan fingerprint density at radius 2 is 1.74 bits per heavy atom. The Labute approximate surface area is 140 Å². The van der Waals surface area contributed by atoms with Gasteiger partial charge in [0.25, 0.3) is 0 Å². The van der Waals surface area contributed by atoms with Crippen molar-refractivity contribution in [2.24, 2.45) is 34.0 Å². The van der Waals surface area contributed by atoms with Crippen molar-refractivity contribution in [2.75, 3.05) is 0 Å². The third-order valence-corrected chi connectivity index (χ3v) is 8.79. The molecule has 0 unspecified atom stereocenters. The Balaban J connectivity index is 1.73. The first-order valence-corrected chi connectivity index (χ1v) is 9.54. The van der Waals surface area contributed by atoms with E-state index in [9.17, 15) is 9.59 Å². The van der Waals surface area contributed by atoms with Gasteiger partial charge in [-0.05, 0) is 79.6 Å². The van der Waals surface area contributed by atoms with Gasteiger partial charge in [0.05, 0.1) is 5.41 Å². The second-order valence-corrected chi connectivity index (χ2v) is 9.59. The molecule has 3 saturated carbocycles. The zero-order valence-corrected chi connectivity index (χ0v) is 14.9. The summed E-state index contributed by atoms with van der Waals surface area (Å²) >= 11 is 0. The van der Waals surface area contributed by atoms with Gasteiger partial charge >= 0.3 is 0 Å². The molecule has 0 amide bonds. The topological polar surface area (TPSA) is 34.1 Å². The summed E-state index contributed by atoms with van der Waals surface area (Å²) in [5.41, 5.74) is 1.73. The van der Waals surface area contributed by atoms with E-state index in [0.29, 0.717) is 29.1 Å². The maximum Gasteiger partial charge on any atom is 0.155 e. The normalized spacial score (nSPS) is 48.0. The number of carbonyl (C=O) groups is 2. The largest absolute Gasteiger partial charge is 0.302 e. The van der Waals surface area contributed by atoms with E-state index in [-0.39, 0.29) is 11.2 Å². The van der Waals surface area contributed by atoms with E-state index in [1.54, 1.807) is 0 Å². The number of fused-ring (bicyclic) bond motifs is 5. The Kier molecular flexibility index (Phi) is 3.26. The van der Waals surface area contributed by atoms with Crippen molar-refractivity contribution in [3.05, 3.63) is 11.6 Å². The predicted molar refractivity (Wildman–Crippen MR) is 90.9 cm³/mol. The van der Waals surface area contributed by atoms with Crippen LogP contribution in [0.5, 0.6) is 0 Å².